The van der Waals surface area contributed by atoms with Crippen LogP contribution in [-0.2, 0) is 0 Å². The highest BCUT2D eigenvalue weighted by molar-refractivity contribution is 7.71. The molecular formula is C11H10FN3S. The molecule has 0 aliphatic rings. The van der Waals surface area contributed by atoms with Gasteiger partial charge in [-0.1, -0.05) is 12.2 Å². The first kappa shape index (κ1) is 10.9. The van der Waals surface area contributed by atoms with E-state index in [4.69, 9.17) is 12.2 Å². The quantitative estimate of drug-likeness (QED) is 0.773. The number of pyridine rings is 1. The monoisotopic (exact) mass is 235 g/mol. The molecule has 0 aromatic carbocycles. The van der Waals surface area contributed by atoms with E-state index in [1.807, 2.05) is 13.8 Å². The molecule has 0 aliphatic carbocycles. The average molecular weight is 235 g/mol. The molecule has 0 saturated heterocycles. The third-order valence-corrected chi connectivity index (χ3v) is 2.95. The largest absolute Gasteiger partial charge is 0.267 e. The van der Waals surface area contributed by atoms with Gasteiger partial charge in [-0.3, -0.25) is 10.1 Å². The maximum atomic E-state index is 13.5. The lowest BCUT2D eigenvalue weighted by molar-refractivity contribution is 0.623. The second-order valence-corrected chi connectivity index (χ2v) is 3.92. The van der Waals surface area contributed by atoms with E-state index in [2.05, 4.69) is 15.2 Å². The summed E-state index contributed by atoms with van der Waals surface area (Å²) in [5, 5.41) is 6.79. The second kappa shape index (κ2) is 4.09. The summed E-state index contributed by atoms with van der Waals surface area (Å²) < 4.78 is 14.1. The Morgan fingerprint density at radius 2 is 2.06 bits per heavy atom. The highest BCUT2D eigenvalue weighted by Gasteiger charge is 2.11. The summed E-state index contributed by atoms with van der Waals surface area (Å²) in [6.45, 7) is 3.76. The van der Waals surface area contributed by atoms with Crippen LogP contribution in [0.25, 0.3) is 11.3 Å². The predicted molar refractivity (Wildman–Crippen MR) is 62.1 cm³/mol. The fourth-order valence-corrected chi connectivity index (χ4v) is 1.65. The highest BCUT2D eigenvalue weighted by atomic mass is 32.1. The minimum atomic E-state index is -0.386. The fraction of sp³-hybridized carbons (Fsp3) is 0.182. The number of hydrogen-bond acceptors (Lipinski definition) is 3. The van der Waals surface area contributed by atoms with Crippen molar-refractivity contribution in [3.05, 3.63) is 40.0 Å². The van der Waals surface area contributed by atoms with Crippen LogP contribution in [0.5, 0.6) is 0 Å². The van der Waals surface area contributed by atoms with Gasteiger partial charge in [-0.2, -0.15) is 5.10 Å². The molecule has 2 aromatic heterocycles. The Hall–Kier alpha value is -1.62. The Morgan fingerprint density at radius 1 is 1.31 bits per heavy atom. The number of nitrogens with one attached hydrogen (secondary N) is 1. The Labute approximate surface area is 97.4 Å². The van der Waals surface area contributed by atoms with E-state index in [-0.39, 0.29) is 5.82 Å². The molecule has 0 fully saturated rings. The van der Waals surface area contributed by atoms with Crippen molar-refractivity contribution < 1.29 is 4.39 Å². The number of rotatable bonds is 1. The molecule has 0 spiro atoms. The first-order chi connectivity index (χ1) is 7.61. The molecule has 2 rings (SSSR count). The summed E-state index contributed by atoms with van der Waals surface area (Å²) in [4.78, 5) is 3.71. The van der Waals surface area contributed by atoms with Gasteiger partial charge in [-0.25, -0.2) is 4.39 Å². The molecule has 0 amide bonds. The van der Waals surface area contributed by atoms with Crippen LogP contribution in [0.15, 0.2) is 18.5 Å². The molecule has 0 unspecified atom stereocenters. The summed E-state index contributed by atoms with van der Waals surface area (Å²) in [6.07, 6.45) is 2.71. The predicted octanol–water partition coefficient (Wildman–Crippen LogP) is 2.96. The Kier molecular flexibility index (Phi) is 2.78. The zero-order valence-corrected chi connectivity index (χ0v) is 9.73. The van der Waals surface area contributed by atoms with Crippen molar-refractivity contribution in [2.75, 3.05) is 0 Å². The minimum absolute atomic E-state index is 0.386. The molecule has 0 bridgehead atoms. The van der Waals surface area contributed by atoms with Gasteiger partial charge >= 0.3 is 0 Å². The first-order valence-corrected chi connectivity index (χ1v) is 5.18. The van der Waals surface area contributed by atoms with Crippen molar-refractivity contribution >= 4 is 12.2 Å². The lowest BCUT2D eigenvalue weighted by Gasteiger charge is -2.07. The van der Waals surface area contributed by atoms with Crippen LogP contribution in [-0.4, -0.2) is 15.2 Å². The molecule has 0 atom stereocenters. The minimum Gasteiger partial charge on any atom is -0.267 e. The van der Waals surface area contributed by atoms with Gasteiger partial charge in [0.25, 0.3) is 0 Å². The summed E-state index contributed by atoms with van der Waals surface area (Å²) in [7, 11) is 0. The zero-order valence-electron chi connectivity index (χ0n) is 8.91. The lowest BCUT2D eigenvalue weighted by Crippen LogP contribution is -1.98. The van der Waals surface area contributed by atoms with Crippen LogP contribution < -0.4 is 0 Å². The van der Waals surface area contributed by atoms with Gasteiger partial charge in [0.15, 0.2) is 5.82 Å². The molecule has 5 heteroatoms. The Balaban J connectivity index is 2.71. The molecule has 1 N–H and O–H groups in total. The molecule has 0 radical (unpaired) electrons. The molecule has 16 heavy (non-hydrogen) atoms. The maximum Gasteiger partial charge on any atom is 0.150 e. The lowest BCUT2D eigenvalue weighted by atomic mass is 10.1. The van der Waals surface area contributed by atoms with E-state index >= 15 is 0 Å². The third kappa shape index (κ3) is 1.74. The van der Waals surface area contributed by atoms with E-state index in [9.17, 15) is 4.39 Å². The van der Waals surface area contributed by atoms with Crippen molar-refractivity contribution in [3.63, 3.8) is 0 Å². The van der Waals surface area contributed by atoms with Crippen molar-refractivity contribution in [1.29, 1.82) is 0 Å². The molecule has 0 saturated carbocycles. The maximum absolute atomic E-state index is 13.5. The number of aromatic nitrogens is 3. The van der Waals surface area contributed by atoms with E-state index in [0.717, 1.165) is 11.1 Å². The Bertz CT molecular complexity index is 592. The van der Waals surface area contributed by atoms with Crippen molar-refractivity contribution in [2.24, 2.45) is 0 Å². The average Bonchev–Trinajstić information content (AvgIpc) is 2.28. The van der Waals surface area contributed by atoms with E-state index < -0.39 is 0 Å². The van der Waals surface area contributed by atoms with Gasteiger partial charge in [0.05, 0.1) is 11.9 Å². The third-order valence-electron chi connectivity index (χ3n) is 2.56. The van der Waals surface area contributed by atoms with Gasteiger partial charge in [0, 0.05) is 11.8 Å². The summed E-state index contributed by atoms with van der Waals surface area (Å²) >= 11 is 5.06. The van der Waals surface area contributed by atoms with Crippen LogP contribution >= 0.6 is 12.2 Å². The number of nitrogens with zero attached hydrogens (tertiary/aromatic N) is 2. The van der Waals surface area contributed by atoms with Gasteiger partial charge in [0.1, 0.15) is 4.64 Å². The van der Waals surface area contributed by atoms with E-state index in [1.54, 1.807) is 6.07 Å². The van der Waals surface area contributed by atoms with Gasteiger partial charge in [0.2, 0.25) is 0 Å². The molecule has 2 heterocycles. The SMILES string of the molecule is Cc1c(-c2ccncc2F)n[nH]c(=S)c1C. The van der Waals surface area contributed by atoms with Crippen molar-refractivity contribution in [1.82, 2.24) is 15.2 Å². The van der Waals surface area contributed by atoms with Crippen molar-refractivity contribution in [3.8, 4) is 11.3 Å². The molecule has 0 aliphatic heterocycles. The number of hydrogen-bond donors (Lipinski definition) is 1. The van der Waals surface area contributed by atoms with E-state index in [0.29, 0.717) is 15.9 Å². The van der Waals surface area contributed by atoms with Crippen LogP contribution in [0.3, 0.4) is 0 Å². The zero-order chi connectivity index (χ0) is 11.7. The molecule has 82 valence electrons. The Morgan fingerprint density at radius 3 is 2.75 bits per heavy atom. The number of aromatic amines is 1. The molecular weight excluding hydrogens is 225 g/mol. The summed E-state index contributed by atoms with van der Waals surface area (Å²) in [6, 6.07) is 1.60. The summed E-state index contributed by atoms with van der Waals surface area (Å²) in [5.74, 6) is -0.386. The number of halogens is 1. The molecule has 2 aromatic rings. The first-order valence-electron chi connectivity index (χ1n) is 4.77. The van der Waals surface area contributed by atoms with Crippen molar-refractivity contribution in [2.45, 2.75) is 13.8 Å². The second-order valence-electron chi connectivity index (χ2n) is 3.51. The normalized spacial score (nSPS) is 10.4. The van der Waals surface area contributed by atoms with Gasteiger partial charge in [-0.15, -0.1) is 0 Å². The number of H-pyrrole nitrogens is 1. The van der Waals surface area contributed by atoms with Crippen LogP contribution in [0.1, 0.15) is 11.1 Å². The van der Waals surface area contributed by atoms with Gasteiger partial charge in [-0.05, 0) is 31.0 Å². The fourth-order valence-electron chi connectivity index (χ4n) is 1.45. The topological polar surface area (TPSA) is 41.6 Å². The van der Waals surface area contributed by atoms with Crippen LogP contribution in [0.4, 0.5) is 4.39 Å². The smallest absolute Gasteiger partial charge is 0.150 e. The van der Waals surface area contributed by atoms with Crippen LogP contribution in [0.2, 0.25) is 0 Å². The summed E-state index contributed by atoms with van der Waals surface area (Å²) in [5.41, 5.74) is 2.80. The standard InChI is InChI=1S/C11H10FN3S/c1-6-7(2)11(16)15-14-10(6)8-3-4-13-5-9(8)12/h3-5H,1-2H3,(H,15,16). The van der Waals surface area contributed by atoms with Gasteiger partial charge < -0.3 is 0 Å². The van der Waals surface area contributed by atoms with E-state index in [1.165, 1.54) is 12.4 Å². The highest BCUT2D eigenvalue weighted by Crippen LogP contribution is 2.24. The molecule has 3 nitrogen and oxygen atoms in total. The van der Waals surface area contributed by atoms with Crippen LogP contribution in [0, 0.1) is 24.3 Å².